The van der Waals surface area contributed by atoms with Crippen molar-refractivity contribution in [3.63, 3.8) is 0 Å². The highest BCUT2D eigenvalue weighted by Gasteiger charge is 2.10. The van der Waals surface area contributed by atoms with Crippen LogP contribution in [-0.4, -0.2) is 17.1 Å². The fourth-order valence-corrected chi connectivity index (χ4v) is 3.20. The van der Waals surface area contributed by atoms with Crippen LogP contribution in [-0.2, 0) is 6.61 Å². The van der Waals surface area contributed by atoms with Crippen molar-refractivity contribution in [2.45, 2.75) is 13.5 Å². The maximum atomic E-state index is 9.71. The number of H-pyrrole nitrogens is 1. The molecule has 3 aromatic carbocycles. The predicted molar refractivity (Wildman–Crippen MR) is 118 cm³/mol. The molecule has 30 heavy (non-hydrogen) atoms. The minimum absolute atomic E-state index is 0.429. The van der Waals surface area contributed by atoms with Gasteiger partial charge in [-0.15, -0.1) is 0 Å². The average Bonchev–Trinajstić information content (AvgIpc) is 3.19. The molecule has 1 N–H and O–H groups in total. The van der Waals surface area contributed by atoms with Gasteiger partial charge in [-0.05, 0) is 54.0 Å². The van der Waals surface area contributed by atoms with E-state index in [-0.39, 0.29) is 0 Å². The van der Waals surface area contributed by atoms with Crippen LogP contribution in [0.3, 0.4) is 0 Å². The van der Waals surface area contributed by atoms with E-state index >= 15 is 0 Å². The number of nitrogens with one attached hydrogen (secondary N) is 1. The highest BCUT2D eigenvalue weighted by atomic mass is 16.5. The molecule has 0 bridgehead atoms. The summed E-state index contributed by atoms with van der Waals surface area (Å²) in [6.45, 7) is 2.45. The number of hydrogen-bond donors (Lipinski definition) is 1. The molecule has 5 nitrogen and oxygen atoms in total. The quantitative estimate of drug-likeness (QED) is 0.436. The summed E-state index contributed by atoms with van der Waals surface area (Å²) in [4.78, 5) is 7.78. The minimum atomic E-state index is 0.429. The van der Waals surface area contributed by atoms with Gasteiger partial charge in [0.2, 0.25) is 0 Å². The maximum Gasteiger partial charge on any atom is 0.162 e. The van der Waals surface area contributed by atoms with Gasteiger partial charge in [0.25, 0.3) is 0 Å². The molecule has 5 heteroatoms. The van der Waals surface area contributed by atoms with E-state index in [2.05, 4.69) is 16.0 Å². The number of rotatable bonds is 6. The number of aromatic amines is 1. The smallest absolute Gasteiger partial charge is 0.162 e. The Morgan fingerprint density at radius 3 is 2.67 bits per heavy atom. The molecule has 0 atom stereocenters. The second-order valence-electron chi connectivity index (χ2n) is 6.96. The molecule has 0 aliphatic carbocycles. The minimum Gasteiger partial charge on any atom is -0.493 e. The molecule has 4 rings (SSSR count). The Morgan fingerprint density at radius 1 is 1.07 bits per heavy atom. The SMILES string of the molecule is COc1ccc(C=C(C#N)c2nc3ccc(C)cc3[nH]2)cc1OCc1ccccc1. The summed E-state index contributed by atoms with van der Waals surface area (Å²) < 4.78 is 11.4. The van der Waals surface area contributed by atoms with Gasteiger partial charge in [-0.1, -0.05) is 42.5 Å². The second-order valence-corrected chi connectivity index (χ2v) is 6.96. The van der Waals surface area contributed by atoms with Crippen molar-refractivity contribution in [2.75, 3.05) is 7.11 Å². The van der Waals surface area contributed by atoms with Gasteiger partial charge in [0.1, 0.15) is 18.5 Å². The number of hydrogen-bond acceptors (Lipinski definition) is 4. The Labute approximate surface area is 175 Å². The molecule has 1 aromatic heterocycles. The number of aromatic nitrogens is 2. The molecule has 0 unspecified atom stereocenters. The molecule has 0 radical (unpaired) electrons. The molecule has 0 saturated heterocycles. The molecule has 0 aliphatic rings. The Hall–Kier alpha value is -4.04. The first-order valence-electron chi connectivity index (χ1n) is 9.59. The van der Waals surface area contributed by atoms with Gasteiger partial charge in [0.05, 0.1) is 23.7 Å². The molecular formula is C25H21N3O2. The van der Waals surface area contributed by atoms with Crippen LogP contribution >= 0.6 is 0 Å². The van der Waals surface area contributed by atoms with Crippen LogP contribution < -0.4 is 9.47 Å². The summed E-state index contributed by atoms with van der Waals surface area (Å²) in [7, 11) is 1.61. The van der Waals surface area contributed by atoms with E-state index < -0.39 is 0 Å². The number of allylic oxidation sites excluding steroid dienone is 1. The van der Waals surface area contributed by atoms with Crippen molar-refractivity contribution < 1.29 is 9.47 Å². The monoisotopic (exact) mass is 395 g/mol. The van der Waals surface area contributed by atoms with Crippen molar-refractivity contribution in [1.29, 1.82) is 5.26 Å². The topological polar surface area (TPSA) is 70.9 Å². The van der Waals surface area contributed by atoms with Crippen LogP contribution in [0, 0.1) is 18.3 Å². The van der Waals surface area contributed by atoms with Crippen molar-refractivity contribution >= 4 is 22.7 Å². The van der Waals surface area contributed by atoms with E-state index in [0.717, 1.165) is 27.7 Å². The zero-order chi connectivity index (χ0) is 20.9. The van der Waals surface area contributed by atoms with Crippen LogP contribution in [0.25, 0.3) is 22.7 Å². The summed E-state index contributed by atoms with van der Waals surface area (Å²) in [5.41, 5.74) is 5.22. The van der Waals surface area contributed by atoms with E-state index in [0.29, 0.717) is 29.5 Å². The summed E-state index contributed by atoms with van der Waals surface area (Å²) in [5, 5.41) is 9.71. The van der Waals surface area contributed by atoms with Crippen LogP contribution in [0.4, 0.5) is 0 Å². The van der Waals surface area contributed by atoms with Crippen LogP contribution in [0.5, 0.6) is 11.5 Å². The lowest BCUT2D eigenvalue weighted by atomic mass is 10.1. The van der Waals surface area contributed by atoms with Crippen LogP contribution in [0.15, 0.2) is 66.7 Å². The number of imidazole rings is 1. The van der Waals surface area contributed by atoms with Gasteiger partial charge >= 0.3 is 0 Å². The highest BCUT2D eigenvalue weighted by molar-refractivity contribution is 5.90. The first kappa shape index (κ1) is 19.3. The zero-order valence-corrected chi connectivity index (χ0v) is 16.8. The van der Waals surface area contributed by atoms with E-state index in [1.54, 1.807) is 13.2 Å². The summed E-state index contributed by atoms with van der Waals surface area (Å²) >= 11 is 0. The maximum absolute atomic E-state index is 9.71. The van der Waals surface area contributed by atoms with E-state index in [9.17, 15) is 5.26 Å². The number of benzene rings is 3. The number of ether oxygens (including phenoxy) is 2. The van der Waals surface area contributed by atoms with Gasteiger partial charge in [0, 0.05) is 0 Å². The number of nitrogens with zero attached hydrogens (tertiary/aromatic N) is 2. The van der Waals surface area contributed by atoms with Crippen molar-refractivity contribution in [1.82, 2.24) is 9.97 Å². The Bertz CT molecular complexity index is 1250. The summed E-state index contributed by atoms with van der Waals surface area (Å²) in [6, 6.07) is 23.7. The molecule has 148 valence electrons. The molecule has 0 saturated carbocycles. The van der Waals surface area contributed by atoms with Crippen LogP contribution in [0.1, 0.15) is 22.5 Å². The van der Waals surface area contributed by atoms with Gasteiger partial charge in [0.15, 0.2) is 11.5 Å². The fourth-order valence-electron chi connectivity index (χ4n) is 3.20. The molecule has 0 aliphatic heterocycles. The Balaban J connectivity index is 1.64. The third-order valence-corrected chi connectivity index (χ3v) is 4.75. The van der Waals surface area contributed by atoms with Crippen molar-refractivity contribution in [2.24, 2.45) is 0 Å². The third-order valence-electron chi connectivity index (χ3n) is 4.75. The summed E-state index contributed by atoms with van der Waals surface area (Å²) in [5.74, 6) is 1.80. The van der Waals surface area contributed by atoms with Gasteiger partial charge in [-0.25, -0.2) is 4.98 Å². The molecule has 0 fully saturated rings. The molecular weight excluding hydrogens is 374 g/mol. The van der Waals surface area contributed by atoms with E-state index in [1.165, 1.54) is 0 Å². The number of aryl methyl sites for hydroxylation is 1. The van der Waals surface area contributed by atoms with Gasteiger partial charge in [-0.2, -0.15) is 5.26 Å². The largest absolute Gasteiger partial charge is 0.493 e. The highest BCUT2D eigenvalue weighted by Crippen LogP contribution is 2.30. The first-order valence-corrected chi connectivity index (χ1v) is 9.59. The number of fused-ring (bicyclic) bond motifs is 1. The molecule has 0 amide bonds. The van der Waals surface area contributed by atoms with Crippen LogP contribution in [0.2, 0.25) is 0 Å². The average molecular weight is 395 g/mol. The lowest BCUT2D eigenvalue weighted by Crippen LogP contribution is -1.98. The van der Waals surface area contributed by atoms with Gasteiger partial charge < -0.3 is 14.5 Å². The number of methoxy groups -OCH3 is 1. The predicted octanol–water partition coefficient (Wildman–Crippen LogP) is 5.52. The fraction of sp³-hybridized carbons (Fsp3) is 0.120. The first-order chi connectivity index (χ1) is 14.7. The van der Waals surface area contributed by atoms with Crippen molar-refractivity contribution in [3.8, 4) is 17.6 Å². The van der Waals surface area contributed by atoms with Gasteiger partial charge in [-0.3, -0.25) is 0 Å². The lowest BCUT2D eigenvalue weighted by molar-refractivity contribution is 0.284. The standard InChI is InChI=1S/C25H21N3O2/c1-17-8-10-21-22(12-17)28-25(27-21)20(15-26)13-19-9-11-23(29-2)24(14-19)30-16-18-6-4-3-5-7-18/h3-14H,16H2,1-2H3,(H,27,28). The lowest BCUT2D eigenvalue weighted by Gasteiger charge is -2.11. The van der Waals surface area contributed by atoms with E-state index in [4.69, 9.17) is 9.47 Å². The third kappa shape index (κ3) is 4.18. The Morgan fingerprint density at radius 2 is 1.90 bits per heavy atom. The molecule has 0 spiro atoms. The second kappa shape index (κ2) is 8.54. The summed E-state index contributed by atoms with van der Waals surface area (Å²) in [6.07, 6.45) is 1.79. The van der Waals surface area contributed by atoms with E-state index in [1.807, 2.05) is 73.7 Å². The number of nitriles is 1. The molecule has 4 aromatic rings. The normalized spacial score (nSPS) is 11.3. The van der Waals surface area contributed by atoms with Crippen molar-refractivity contribution in [3.05, 3.63) is 89.2 Å². The Kier molecular flexibility index (Phi) is 5.49. The molecule has 1 heterocycles. The zero-order valence-electron chi connectivity index (χ0n) is 16.8.